The van der Waals surface area contributed by atoms with Crippen LogP contribution in [-0.4, -0.2) is 49.9 Å². The number of ether oxygens (including phenoxy) is 3. The van der Waals surface area contributed by atoms with E-state index in [1.54, 1.807) is 17.0 Å². The number of nitrogens with one attached hydrogen (secondary N) is 1. The molecule has 156 valence electrons. The molecule has 7 heteroatoms. The van der Waals surface area contributed by atoms with Crippen molar-refractivity contribution in [3.05, 3.63) is 54.3 Å². The monoisotopic (exact) mass is 402 g/mol. The van der Waals surface area contributed by atoms with Crippen LogP contribution in [0.4, 0.5) is 9.18 Å². The van der Waals surface area contributed by atoms with E-state index in [-0.39, 0.29) is 18.0 Å². The van der Waals surface area contributed by atoms with Crippen molar-refractivity contribution in [2.45, 2.75) is 25.9 Å². The van der Waals surface area contributed by atoms with E-state index in [2.05, 4.69) is 5.32 Å². The van der Waals surface area contributed by atoms with Crippen LogP contribution in [0, 0.1) is 5.82 Å². The molecule has 0 aromatic heterocycles. The molecule has 0 saturated carbocycles. The standard InChI is InChI=1S/C22H27FN2O4/c1-2-27-20-5-3-4-6-21(20)29-19-11-14-25(15-12-19)22(26)24-13-16-28-18-9-7-17(23)8-10-18/h3-10,19H,2,11-16H2,1H3,(H,24,26). The first-order valence-electron chi connectivity index (χ1n) is 9.95. The van der Waals surface area contributed by atoms with E-state index in [0.717, 1.165) is 24.3 Å². The molecule has 0 unspecified atom stereocenters. The van der Waals surface area contributed by atoms with E-state index in [1.807, 2.05) is 31.2 Å². The first-order chi connectivity index (χ1) is 14.2. The second-order valence-corrected chi connectivity index (χ2v) is 6.72. The van der Waals surface area contributed by atoms with Crippen LogP contribution in [0.1, 0.15) is 19.8 Å². The summed E-state index contributed by atoms with van der Waals surface area (Å²) >= 11 is 0. The quantitative estimate of drug-likeness (QED) is 0.682. The number of nitrogens with zero attached hydrogens (tertiary/aromatic N) is 1. The van der Waals surface area contributed by atoms with E-state index < -0.39 is 0 Å². The third kappa shape index (κ3) is 6.27. The number of urea groups is 1. The molecule has 29 heavy (non-hydrogen) atoms. The number of benzene rings is 2. The minimum atomic E-state index is -0.306. The molecule has 0 radical (unpaired) electrons. The summed E-state index contributed by atoms with van der Waals surface area (Å²) in [6.07, 6.45) is 1.59. The second-order valence-electron chi connectivity index (χ2n) is 6.72. The van der Waals surface area contributed by atoms with Gasteiger partial charge in [0, 0.05) is 25.9 Å². The van der Waals surface area contributed by atoms with Crippen molar-refractivity contribution in [3.8, 4) is 17.2 Å². The molecule has 1 saturated heterocycles. The molecule has 1 aliphatic rings. The molecule has 2 aromatic carbocycles. The fourth-order valence-corrected chi connectivity index (χ4v) is 3.15. The van der Waals surface area contributed by atoms with Crippen molar-refractivity contribution in [2.24, 2.45) is 0 Å². The van der Waals surface area contributed by atoms with E-state index in [1.165, 1.54) is 12.1 Å². The van der Waals surface area contributed by atoms with Gasteiger partial charge in [-0.2, -0.15) is 0 Å². The third-order valence-corrected chi connectivity index (χ3v) is 4.63. The maximum absolute atomic E-state index is 12.9. The molecule has 3 rings (SSSR count). The fourth-order valence-electron chi connectivity index (χ4n) is 3.15. The van der Waals surface area contributed by atoms with Gasteiger partial charge in [0.15, 0.2) is 11.5 Å². The van der Waals surface area contributed by atoms with Gasteiger partial charge < -0.3 is 24.4 Å². The molecule has 1 aliphatic heterocycles. The summed E-state index contributed by atoms with van der Waals surface area (Å²) < 4.78 is 30.0. The van der Waals surface area contributed by atoms with Crippen LogP contribution in [0.15, 0.2) is 48.5 Å². The van der Waals surface area contributed by atoms with Gasteiger partial charge in [-0.3, -0.25) is 0 Å². The lowest BCUT2D eigenvalue weighted by Crippen LogP contribution is -2.47. The number of piperidine rings is 1. The minimum Gasteiger partial charge on any atom is -0.492 e. The Morgan fingerprint density at radius 3 is 2.45 bits per heavy atom. The van der Waals surface area contributed by atoms with Crippen LogP contribution in [0.2, 0.25) is 0 Å². The van der Waals surface area contributed by atoms with Crippen LogP contribution in [0.5, 0.6) is 17.2 Å². The first kappa shape index (κ1) is 20.8. The molecular weight excluding hydrogens is 375 g/mol. The molecule has 2 amide bonds. The average Bonchev–Trinajstić information content (AvgIpc) is 2.74. The average molecular weight is 402 g/mol. The van der Waals surface area contributed by atoms with Gasteiger partial charge in [0.2, 0.25) is 0 Å². The summed E-state index contributed by atoms with van der Waals surface area (Å²) in [6, 6.07) is 13.3. The van der Waals surface area contributed by atoms with Crippen molar-refractivity contribution in [2.75, 3.05) is 32.8 Å². The third-order valence-electron chi connectivity index (χ3n) is 4.63. The molecule has 0 aliphatic carbocycles. The summed E-state index contributed by atoms with van der Waals surface area (Å²) in [6.45, 7) is 4.50. The number of rotatable bonds is 8. The number of carbonyl (C=O) groups excluding carboxylic acids is 1. The predicted molar refractivity (Wildman–Crippen MR) is 108 cm³/mol. The highest BCUT2D eigenvalue weighted by Gasteiger charge is 2.24. The summed E-state index contributed by atoms with van der Waals surface area (Å²) in [5, 5.41) is 2.85. The number of carbonyl (C=O) groups is 1. The predicted octanol–water partition coefficient (Wildman–Crippen LogP) is 3.86. The molecule has 6 nitrogen and oxygen atoms in total. The minimum absolute atomic E-state index is 0.0578. The van der Waals surface area contributed by atoms with Crippen molar-refractivity contribution >= 4 is 6.03 Å². The lowest BCUT2D eigenvalue weighted by Gasteiger charge is -2.32. The van der Waals surface area contributed by atoms with Gasteiger partial charge in [0.05, 0.1) is 13.2 Å². The Hall–Kier alpha value is -2.96. The first-order valence-corrected chi connectivity index (χ1v) is 9.95. The smallest absolute Gasteiger partial charge is 0.317 e. The highest BCUT2D eigenvalue weighted by molar-refractivity contribution is 5.74. The Labute approximate surface area is 170 Å². The van der Waals surface area contributed by atoms with Crippen LogP contribution in [0.25, 0.3) is 0 Å². The lowest BCUT2D eigenvalue weighted by molar-refractivity contribution is 0.107. The maximum atomic E-state index is 12.9. The fraction of sp³-hybridized carbons (Fsp3) is 0.409. The van der Waals surface area contributed by atoms with Gasteiger partial charge in [-0.1, -0.05) is 12.1 Å². The van der Waals surface area contributed by atoms with Crippen molar-refractivity contribution in [1.82, 2.24) is 10.2 Å². The van der Waals surface area contributed by atoms with Crippen molar-refractivity contribution < 1.29 is 23.4 Å². The topological polar surface area (TPSA) is 60.0 Å². The van der Waals surface area contributed by atoms with Crippen molar-refractivity contribution in [1.29, 1.82) is 0 Å². The SMILES string of the molecule is CCOc1ccccc1OC1CCN(C(=O)NCCOc2ccc(F)cc2)CC1. The number of para-hydroxylation sites is 2. The molecule has 0 bridgehead atoms. The van der Waals surface area contributed by atoms with Crippen molar-refractivity contribution in [3.63, 3.8) is 0 Å². The Bertz CT molecular complexity index is 777. The Balaban J connectivity index is 1.36. The number of halogens is 1. The largest absolute Gasteiger partial charge is 0.492 e. The normalized spacial score (nSPS) is 14.3. The summed E-state index contributed by atoms with van der Waals surface area (Å²) in [4.78, 5) is 14.1. The molecule has 0 spiro atoms. The molecule has 1 fully saturated rings. The number of hydrogen-bond donors (Lipinski definition) is 1. The molecule has 0 atom stereocenters. The summed E-state index contributed by atoms with van der Waals surface area (Å²) in [5.41, 5.74) is 0. The van der Waals surface area contributed by atoms with Crippen LogP contribution < -0.4 is 19.5 Å². The maximum Gasteiger partial charge on any atom is 0.317 e. The molecular formula is C22H27FN2O4. The molecule has 2 aromatic rings. The second kappa shape index (κ2) is 10.5. The molecule has 1 N–H and O–H groups in total. The van der Waals surface area contributed by atoms with Crippen LogP contribution >= 0.6 is 0 Å². The van der Waals surface area contributed by atoms with E-state index in [4.69, 9.17) is 14.2 Å². The zero-order valence-corrected chi connectivity index (χ0v) is 16.6. The van der Waals surface area contributed by atoms with Gasteiger partial charge in [-0.25, -0.2) is 9.18 Å². The van der Waals surface area contributed by atoms with Gasteiger partial charge in [0.1, 0.15) is 24.3 Å². The summed E-state index contributed by atoms with van der Waals surface area (Å²) in [5.74, 6) is 1.76. The van der Waals surface area contributed by atoms with E-state index in [0.29, 0.717) is 38.6 Å². The Kier molecular flexibility index (Phi) is 7.55. The van der Waals surface area contributed by atoms with E-state index >= 15 is 0 Å². The van der Waals surface area contributed by atoms with Crippen LogP contribution in [-0.2, 0) is 0 Å². The Morgan fingerprint density at radius 2 is 1.76 bits per heavy atom. The highest BCUT2D eigenvalue weighted by Crippen LogP contribution is 2.29. The Morgan fingerprint density at radius 1 is 1.07 bits per heavy atom. The molecule has 1 heterocycles. The van der Waals surface area contributed by atoms with Crippen LogP contribution in [0.3, 0.4) is 0 Å². The number of amides is 2. The van der Waals surface area contributed by atoms with E-state index in [9.17, 15) is 9.18 Å². The zero-order valence-electron chi connectivity index (χ0n) is 16.6. The zero-order chi connectivity index (χ0) is 20.5. The number of hydrogen-bond acceptors (Lipinski definition) is 4. The van der Waals surface area contributed by atoms with Gasteiger partial charge in [0.25, 0.3) is 0 Å². The highest BCUT2D eigenvalue weighted by atomic mass is 19.1. The number of likely N-dealkylation sites (tertiary alicyclic amines) is 1. The summed E-state index contributed by atoms with van der Waals surface area (Å²) in [7, 11) is 0. The lowest BCUT2D eigenvalue weighted by atomic mass is 10.1. The van der Waals surface area contributed by atoms with Gasteiger partial charge in [-0.05, 0) is 43.3 Å². The van der Waals surface area contributed by atoms with Gasteiger partial charge in [-0.15, -0.1) is 0 Å². The van der Waals surface area contributed by atoms with Gasteiger partial charge >= 0.3 is 6.03 Å².